The summed E-state index contributed by atoms with van der Waals surface area (Å²) < 4.78 is 11.2. The molecule has 106 valence electrons. The molecule has 19 heavy (non-hydrogen) atoms. The molecule has 0 bridgehead atoms. The van der Waals surface area contributed by atoms with E-state index in [-0.39, 0.29) is 11.5 Å². The maximum atomic E-state index is 6.04. The fraction of sp³-hybridized carbons (Fsp3) is 0.625. The van der Waals surface area contributed by atoms with Gasteiger partial charge in [0.1, 0.15) is 5.75 Å². The number of ether oxygens (including phenoxy) is 2. The molecule has 0 aliphatic carbocycles. The molecule has 3 heteroatoms. The summed E-state index contributed by atoms with van der Waals surface area (Å²) in [5, 5.41) is 0. The van der Waals surface area contributed by atoms with E-state index in [1.165, 1.54) is 22.3 Å². The summed E-state index contributed by atoms with van der Waals surface area (Å²) >= 11 is 0. The molecule has 1 saturated heterocycles. The molecule has 1 aliphatic rings. The van der Waals surface area contributed by atoms with Crippen LogP contribution in [0.4, 0.5) is 0 Å². The lowest BCUT2D eigenvalue weighted by Crippen LogP contribution is -2.50. The Labute approximate surface area is 116 Å². The van der Waals surface area contributed by atoms with Crippen molar-refractivity contribution in [3.05, 3.63) is 28.3 Å². The van der Waals surface area contributed by atoms with Crippen LogP contribution in [0.2, 0.25) is 0 Å². The van der Waals surface area contributed by atoms with E-state index < -0.39 is 0 Å². The molecule has 0 amide bonds. The average Bonchev–Trinajstić information content (AvgIpc) is 2.28. The van der Waals surface area contributed by atoms with E-state index in [2.05, 4.69) is 33.8 Å². The summed E-state index contributed by atoms with van der Waals surface area (Å²) in [6.45, 7) is 9.96. The fourth-order valence-electron chi connectivity index (χ4n) is 3.29. The minimum atomic E-state index is 0.0298. The van der Waals surface area contributed by atoms with Crippen LogP contribution in [0, 0.1) is 20.8 Å². The highest BCUT2D eigenvalue weighted by Crippen LogP contribution is 2.45. The van der Waals surface area contributed by atoms with Crippen molar-refractivity contribution >= 4 is 0 Å². The Kier molecular flexibility index (Phi) is 3.88. The zero-order valence-electron chi connectivity index (χ0n) is 12.7. The summed E-state index contributed by atoms with van der Waals surface area (Å²) in [7, 11) is 1.75. The summed E-state index contributed by atoms with van der Waals surface area (Å²) in [5.41, 5.74) is 11.1. The molecule has 1 aromatic rings. The number of rotatable bonds is 4. The van der Waals surface area contributed by atoms with Gasteiger partial charge in [0.05, 0.1) is 20.3 Å². The van der Waals surface area contributed by atoms with Gasteiger partial charge in [0.15, 0.2) is 0 Å². The Hall–Kier alpha value is -1.06. The second-order valence-electron chi connectivity index (χ2n) is 6.00. The van der Waals surface area contributed by atoms with Crippen molar-refractivity contribution in [2.24, 2.45) is 5.73 Å². The largest absolute Gasteiger partial charge is 0.496 e. The second kappa shape index (κ2) is 5.14. The third kappa shape index (κ3) is 2.37. The van der Waals surface area contributed by atoms with Crippen molar-refractivity contribution in [1.29, 1.82) is 0 Å². The lowest BCUT2D eigenvalue weighted by molar-refractivity contribution is -0.0677. The maximum Gasteiger partial charge on any atom is 0.126 e. The number of hydrogen-bond acceptors (Lipinski definition) is 3. The molecule has 1 unspecified atom stereocenters. The van der Waals surface area contributed by atoms with Gasteiger partial charge in [-0.1, -0.05) is 6.07 Å². The van der Waals surface area contributed by atoms with Crippen LogP contribution in [0.3, 0.4) is 0 Å². The van der Waals surface area contributed by atoms with Gasteiger partial charge in [0, 0.05) is 17.0 Å². The van der Waals surface area contributed by atoms with E-state index in [1.54, 1.807) is 7.11 Å². The van der Waals surface area contributed by atoms with Crippen molar-refractivity contribution in [2.45, 2.75) is 45.6 Å². The highest BCUT2D eigenvalue weighted by molar-refractivity contribution is 5.54. The first-order valence-corrected chi connectivity index (χ1v) is 6.90. The standard InChI is InChI=1S/C16H25NO2/c1-10-6-11(2)14(15(18-5)13(10)4)16(7-12(3)17)8-19-9-16/h6,12H,7-9,17H2,1-5H3. The molecule has 3 nitrogen and oxygen atoms in total. The van der Waals surface area contributed by atoms with E-state index >= 15 is 0 Å². The lowest BCUT2D eigenvalue weighted by atomic mass is 9.71. The number of benzene rings is 1. The van der Waals surface area contributed by atoms with Gasteiger partial charge < -0.3 is 15.2 Å². The monoisotopic (exact) mass is 263 g/mol. The third-order valence-corrected chi connectivity index (χ3v) is 4.19. The third-order valence-electron chi connectivity index (χ3n) is 4.19. The van der Waals surface area contributed by atoms with Crippen LogP contribution in [0.15, 0.2) is 6.07 Å². The van der Waals surface area contributed by atoms with Crippen molar-refractivity contribution in [3.63, 3.8) is 0 Å². The van der Waals surface area contributed by atoms with Gasteiger partial charge in [-0.05, 0) is 50.8 Å². The van der Waals surface area contributed by atoms with Crippen LogP contribution in [0.5, 0.6) is 5.75 Å². The zero-order chi connectivity index (χ0) is 14.2. The van der Waals surface area contributed by atoms with Crippen LogP contribution in [-0.4, -0.2) is 26.4 Å². The van der Waals surface area contributed by atoms with Crippen molar-refractivity contribution in [2.75, 3.05) is 20.3 Å². The normalized spacial score (nSPS) is 18.8. The van der Waals surface area contributed by atoms with Crippen molar-refractivity contribution in [3.8, 4) is 5.75 Å². The Bertz CT molecular complexity index is 476. The summed E-state index contributed by atoms with van der Waals surface area (Å²) in [6, 6.07) is 2.41. The predicted octanol–water partition coefficient (Wildman–Crippen LogP) is 2.63. The number of hydrogen-bond donors (Lipinski definition) is 1. The summed E-state index contributed by atoms with van der Waals surface area (Å²) in [5.74, 6) is 1.02. The number of methoxy groups -OCH3 is 1. The molecule has 1 atom stereocenters. The molecule has 0 saturated carbocycles. The smallest absolute Gasteiger partial charge is 0.126 e. The van der Waals surface area contributed by atoms with Crippen LogP contribution >= 0.6 is 0 Å². The van der Waals surface area contributed by atoms with Gasteiger partial charge in [0.25, 0.3) is 0 Å². The Balaban J connectivity index is 2.57. The number of aryl methyl sites for hydroxylation is 2. The van der Waals surface area contributed by atoms with Gasteiger partial charge in [-0.2, -0.15) is 0 Å². The van der Waals surface area contributed by atoms with Gasteiger partial charge in [0.2, 0.25) is 0 Å². The first kappa shape index (κ1) is 14.4. The van der Waals surface area contributed by atoms with Crippen LogP contribution in [0.25, 0.3) is 0 Å². The molecule has 0 aromatic heterocycles. The van der Waals surface area contributed by atoms with E-state index in [9.17, 15) is 0 Å². The van der Waals surface area contributed by atoms with Crippen molar-refractivity contribution in [1.82, 2.24) is 0 Å². The molecule has 2 N–H and O–H groups in total. The summed E-state index contributed by atoms with van der Waals surface area (Å²) in [6.07, 6.45) is 0.937. The Morgan fingerprint density at radius 1 is 1.32 bits per heavy atom. The zero-order valence-corrected chi connectivity index (χ0v) is 12.7. The van der Waals surface area contributed by atoms with Gasteiger partial charge >= 0.3 is 0 Å². The first-order chi connectivity index (χ1) is 8.91. The molecule has 1 fully saturated rings. The molecule has 0 radical (unpaired) electrons. The Morgan fingerprint density at radius 3 is 2.37 bits per heavy atom. The maximum absolute atomic E-state index is 6.04. The minimum Gasteiger partial charge on any atom is -0.496 e. The van der Waals surface area contributed by atoms with E-state index in [1.807, 2.05) is 0 Å². The van der Waals surface area contributed by atoms with Crippen molar-refractivity contribution < 1.29 is 9.47 Å². The lowest BCUT2D eigenvalue weighted by Gasteiger charge is -2.45. The molecule has 0 spiro atoms. The molecule has 1 heterocycles. The first-order valence-electron chi connectivity index (χ1n) is 6.90. The molecule has 1 aromatic carbocycles. The molecular formula is C16H25NO2. The average molecular weight is 263 g/mol. The highest BCUT2D eigenvalue weighted by Gasteiger charge is 2.44. The van der Waals surface area contributed by atoms with Crippen LogP contribution in [-0.2, 0) is 10.2 Å². The van der Waals surface area contributed by atoms with Gasteiger partial charge in [-0.3, -0.25) is 0 Å². The van der Waals surface area contributed by atoms with E-state index in [0.717, 1.165) is 25.4 Å². The van der Waals surface area contributed by atoms with E-state index in [0.29, 0.717) is 0 Å². The molecular weight excluding hydrogens is 238 g/mol. The topological polar surface area (TPSA) is 44.5 Å². The highest BCUT2D eigenvalue weighted by atomic mass is 16.5. The fourth-order valence-corrected chi connectivity index (χ4v) is 3.29. The SMILES string of the molecule is COc1c(C)c(C)cc(C)c1C1(CC(C)N)COC1. The number of nitrogens with two attached hydrogens (primary N) is 1. The Morgan fingerprint density at radius 2 is 1.95 bits per heavy atom. The molecule has 2 rings (SSSR count). The quantitative estimate of drug-likeness (QED) is 0.908. The van der Waals surface area contributed by atoms with Crippen LogP contribution < -0.4 is 10.5 Å². The molecule has 1 aliphatic heterocycles. The van der Waals surface area contributed by atoms with Gasteiger partial charge in [-0.25, -0.2) is 0 Å². The van der Waals surface area contributed by atoms with Gasteiger partial charge in [-0.15, -0.1) is 0 Å². The van der Waals surface area contributed by atoms with E-state index in [4.69, 9.17) is 15.2 Å². The minimum absolute atomic E-state index is 0.0298. The summed E-state index contributed by atoms with van der Waals surface area (Å²) in [4.78, 5) is 0. The van der Waals surface area contributed by atoms with Crippen LogP contribution in [0.1, 0.15) is 35.6 Å². The second-order valence-corrected chi connectivity index (χ2v) is 6.00. The predicted molar refractivity (Wildman–Crippen MR) is 78.0 cm³/mol.